The van der Waals surface area contributed by atoms with Crippen LogP contribution in [0.3, 0.4) is 0 Å². The van der Waals surface area contributed by atoms with E-state index in [4.69, 9.17) is 20.9 Å². The molecule has 10 nitrogen and oxygen atoms in total. The van der Waals surface area contributed by atoms with Crippen molar-refractivity contribution < 1.29 is 18.8 Å². The van der Waals surface area contributed by atoms with Crippen LogP contribution in [0.25, 0.3) is 21.8 Å². The monoisotopic (exact) mass is 565 g/mol. The SMILES string of the molecule is Cc1onc2c1c(=O)n(C1CCCC(NC(=O)C(NC(=O)OC(C)(C)C)c3cccnc3)C1)c1cccc(Cl)c21. The highest BCUT2D eigenvalue weighted by Gasteiger charge is 2.32. The van der Waals surface area contributed by atoms with Gasteiger partial charge >= 0.3 is 6.09 Å². The molecule has 11 heteroatoms. The molecule has 1 fully saturated rings. The minimum absolute atomic E-state index is 0.193. The molecule has 1 aliphatic carbocycles. The minimum atomic E-state index is -0.998. The summed E-state index contributed by atoms with van der Waals surface area (Å²) in [5, 5.41) is 11.5. The molecular formula is C29H32ClN5O5. The molecule has 0 bridgehead atoms. The van der Waals surface area contributed by atoms with Gasteiger partial charge in [0, 0.05) is 35.4 Å². The summed E-state index contributed by atoms with van der Waals surface area (Å²) in [6.07, 6.45) is 5.24. The first kappa shape index (κ1) is 27.6. The summed E-state index contributed by atoms with van der Waals surface area (Å²) in [6, 6.07) is 7.44. The predicted molar refractivity (Wildman–Crippen MR) is 151 cm³/mol. The molecule has 3 heterocycles. The number of nitrogens with zero attached hydrogens (tertiary/aromatic N) is 3. The Bertz CT molecular complexity index is 1630. The van der Waals surface area contributed by atoms with Crippen LogP contribution in [0.2, 0.25) is 5.02 Å². The largest absolute Gasteiger partial charge is 0.444 e. The van der Waals surface area contributed by atoms with Crippen LogP contribution >= 0.6 is 11.6 Å². The topological polar surface area (TPSA) is 128 Å². The highest BCUT2D eigenvalue weighted by Crippen LogP contribution is 2.35. The van der Waals surface area contributed by atoms with Crippen LogP contribution in [-0.4, -0.2) is 38.4 Å². The van der Waals surface area contributed by atoms with Crippen molar-refractivity contribution in [2.45, 2.75) is 77.1 Å². The van der Waals surface area contributed by atoms with E-state index in [2.05, 4.69) is 20.8 Å². The third-order valence-corrected chi connectivity index (χ3v) is 7.40. The zero-order valence-electron chi connectivity index (χ0n) is 22.9. The molecule has 0 saturated heterocycles. The fourth-order valence-corrected chi connectivity index (χ4v) is 5.68. The number of benzene rings is 1. The molecule has 4 aromatic rings. The molecule has 0 spiro atoms. The minimum Gasteiger partial charge on any atom is -0.444 e. The van der Waals surface area contributed by atoms with Gasteiger partial charge in [-0.05, 0) is 71.6 Å². The number of alkyl carbamates (subject to hydrolysis) is 1. The molecule has 40 heavy (non-hydrogen) atoms. The third-order valence-electron chi connectivity index (χ3n) is 7.08. The van der Waals surface area contributed by atoms with Crippen LogP contribution in [0.5, 0.6) is 0 Å². The molecule has 3 atom stereocenters. The maximum Gasteiger partial charge on any atom is 0.408 e. The fraction of sp³-hybridized carbons (Fsp3) is 0.414. The lowest BCUT2D eigenvalue weighted by molar-refractivity contribution is -0.124. The number of fused-ring (bicyclic) bond motifs is 3. The van der Waals surface area contributed by atoms with E-state index in [1.165, 1.54) is 6.20 Å². The lowest BCUT2D eigenvalue weighted by atomic mass is 9.89. The number of hydrogen-bond donors (Lipinski definition) is 2. The Morgan fingerprint density at radius 3 is 2.70 bits per heavy atom. The Hall–Kier alpha value is -3.92. The maximum atomic E-state index is 13.8. The second kappa shape index (κ2) is 10.9. The normalized spacial score (nSPS) is 18.4. The zero-order chi connectivity index (χ0) is 28.6. The third kappa shape index (κ3) is 5.54. The Labute approximate surface area is 236 Å². The van der Waals surface area contributed by atoms with Gasteiger partial charge in [-0.15, -0.1) is 0 Å². The van der Waals surface area contributed by atoms with Gasteiger partial charge in [-0.1, -0.05) is 28.9 Å². The average Bonchev–Trinajstić information content (AvgIpc) is 3.28. The van der Waals surface area contributed by atoms with Crippen molar-refractivity contribution >= 4 is 45.4 Å². The van der Waals surface area contributed by atoms with Crippen LogP contribution in [0.15, 0.2) is 52.0 Å². The Balaban J connectivity index is 1.43. The fourth-order valence-electron chi connectivity index (χ4n) is 5.42. The maximum absolute atomic E-state index is 13.8. The van der Waals surface area contributed by atoms with Gasteiger partial charge in [0.25, 0.3) is 5.56 Å². The first-order valence-electron chi connectivity index (χ1n) is 13.3. The number of hydrogen-bond acceptors (Lipinski definition) is 7. The van der Waals surface area contributed by atoms with Gasteiger partial charge in [0.1, 0.15) is 28.3 Å². The van der Waals surface area contributed by atoms with Gasteiger partial charge in [0.2, 0.25) is 5.91 Å². The number of pyridine rings is 2. The van der Waals surface area contributed by atoms with E-state index in [-0.39, 0.29) is 23.6 Å². The number of carbonyl (C=O) groups is 2. The number of halogens is 1. The van der Waals surface area contributed by atoms with Crippen molar-refractivity contribution in [3.8, 4) is 0 Å². The van der Waals surface area contributed by atoms with Gasteiger partial charge in [-0.25, -0.2) is 4.79 Å². The van der Waals surface area contributed by atoms with E-state index in [0.717, 1.165) is 19.3 Å². The van der Waals surface area contributed by atoms with Crippen LogP contribution < -0.4 is 16.2 Å². The van der Waals surface area contributed by atoms with Gasteiger partial charge in [-0.3, -0.25) is 14.6 Å². The lowest BCUT2D eigenvalue weighted by Crippen LogP contribution is -2.47. The van der Waals surface area contributed by atoms with E-state index < -0.39 is 17.7 Å². The number of ether oxygens (including phenoxy) is 1. The quantitative estimate of drug-likeness (QED) is 0.333. The summed E-state index contributed by atoms with van der Waals surface area (Å²) in [7, 11) is 0. The molecule has 0 radical (unpaired) electrons. The number of amides is 2. The van der Waals surface area contributed by atoms with E-state index in [1.807, 2.05) is 12.1 Å². The number of aromatic nitrogens is 3. The molecular weight excluding hydrogens is 534 g/mol. The highest BCUT2D eigenvalue weighted by molar-refractivity contribution is 6.37. The van der Waals surface area contributed by atoms with Crippen molar-refractivity contribution in [2.75, 3.05) is 0 Å². The highest BCUT2D eigenvalue weighted by atomic mass is 35.5. The number of nitrogens with one attached hydrogen (secondary N) is 2. The van der Waals surface area contributed by atoms with E-state index in [0.29, 0.717) is 44.6 Å². The van der Waals surface area contributed by atoms with Crippen LogP contribution in [0, 0.1) is 6.92 Å². The molecule has 1 aromatic carbocycles. The van der Waals surface area contributed by atoms with E-state index in [1.54, 1.807) is 56.7 Å². The molecule has 1 aliphatic rings. The molecule has 1 saturated carbocycles. The van der Waals surface area contributed by atoms with Crippen molar-refractivity contribution in [1.29, 1.82) is 0 Å². The first-order chi connectivity index (χ1) is 19.0. The Morgan fingerprint density at radius 2 is 1.98 bits per heavy atom. The summed E-state index contributed by atoms with van der Waals surface area (Å²) in [4.78, 5) is 44.0. The zero-order valence-corrected chi connectivity index (χ0v) is 23.6. The summed E-state index contributed by atoms with van der Waals surface area (Å²) in [6.45, 7) is 6.98. The summed E-state index contributed by atoms with van der Waals surface area (Å²) < 4.78 is 12.5. The predicted octanol–water partition coefficient (Wildman–Crippen LogP) is 5.37. The number of aryl methyl sites for hydroxylation is 1. The molecule has 210 valence electrons. The number of carbonyl (C=O) groups excluding carboxylic acids is 2. The van der Waals surface area contributed by atoms with Gasteiger partial charge in [-0.2, -0.15) is 0 Å². The average molecular weight is 566 g/mol. The van der Waals surface area contributed by atoms with Crippen LogP contribution in [0.4, 0.5) is 4.79 Å². The molecule has 5 rings (SSSR count). The van der Waals surface area contributed by atoms with Crippen molar-refractivity contribution in [3.05, 3.63) is 69.4 Å². The molecule has 0 aliphatic heterocycles. The summed E-state index contributed by atoms with van der Waals surface area (Å²) >= 11 is 6.58. The molecule has 2 N–H and O–H groups in total. The van der Waals surface area contributed by atoms with Gasteiger partial charge in [0.15, 0.2) is 0 Å². The van der Waals surface area contributed by atoms with Crippen LogP contribution in [-0.2, 0) is 9.53 Å². The second-order valence-corrected chi connectivity index (χ2v) is 11.6. The molecule has 2 amide bonds. The van der Waals surface area contributed by atoms with E-state index in [9.17, 15) is 14.4 Å². The smallest absolute Gasteiger partial charge is 0.408 e. The first-order valence-corrected chi connectivity index (χ1v) is 13.7. The van der Waals surface area contributed by atoms with Crippen molar-refractivity contribution in [1.82, 2.24) is 25.3 Å². The lowest BCUT2D eigenvalue weighted by Gasteiger charge is -2.33. The summed E-state index contributed by atoms with van der Waals surface area (Å²) in [5.74, 6) is 0.0545. The molecule has 3 unspecified atom stereocenters. The van der Waals surface area contributed by atoms with Crippen molar-refractivity contribution in [2.24, 2.45) is 0 Å². The van der Waals surface area contributed by atoms with Crippen molar-refractivity contribution in [3.63, 3.8) is 0 Å². The molecule has 3 aromatic heterocycles. The Kier molecular flexibility index (Phi) is 7.55. The Morgan fingerprint density at radius 1 is 1.18 bits per heavy atom. The van der Waals surface area contributed by atoms with Gasteiger partial charge < -0.3 is 24.5 Å². The second-order valence-electron chi connectivity index (χ2n) is 11.2. The standard InChI is InChI=1S/C29H32ClN5O5/c1-16-22-25(34-40-16)23-20(30)11-6-12-21(23)35(27(22)37)19-10-5-9-18(14-19)32-26(36)24(17-8-7-13-31-15-17)33-28(38)39-29(2,3)4/h6-8,11-13,15,18-19,24H,5,9-10,14H2,1-4H3,(H,32,36)(H,33,38). The van der Waals surface area contributed by atoms with Gasteiger partial charge in [0.05, 0.1) is 10.5 Å². The number of rotatable bonds is 5. The van der Waals surface area contributed by atoms with Crippen LogP contribution in [0.1, 0.15) is 69.9 Å². The van der Waals surface area contributed by atoms with E-state index >= 15 is 0 Å². The summed E-state index contributed by atoms with van der Waals surface area (Å²) in [5.41, 5.74) is 0.742.